The van der Waals surface area contributed by atoms with E-state index in [2.05, 4.69) is 20.1 Å². The number of hydrogen-bond donors (Lipinski definition) is 0. The molecule has 6 nitrogen and oxygen atoms in total. The largest absolute Gasteiger partial charge is 0.435 e. The fourth-order valence-electron chi connectivity index (χ4n) is 3.44. The van der Waals surface area contributed by atoms with E-state index in [9.17, 15) is 26.3 Å². The van der Waals surface area contributed by atoms with Crippen LogP contribution in [0.2, 0.25) is 0 Å². The summed E-state index contributed by atoms with van der Waals surface area (Å²) in [6.45, 7) is 0.580. The molecule has 0 aromatic carbocycles. The second-order valence-corrected chi connectivity index (χ2v) is 7.09. The second-order valence-electron chi connectivity index (χ2n) is 7.09. The van der Waals surface area contributed by atoms with Gasteiger partial charge in [-0.15, -0.1) is 0 Å². The molecule has 0 saturated carbocycles. The Morgan fingerprint density at radius 1 is 0.903 bits per heavy atom. The van der Waals surface area contributed by atoms with E-state index in [0.29, 0.717) is 24.9 Å². The highest BCUT2D eigenvalue weighted by atomic mass is 19.4. The van der Waals surface area contributed by atoms with E-state index in [1.165, 1.54) is 35.4 Å². The minimum Gasteiger partial charge on any atom is -0.354 e. The number of nitrogens with zero attached hydrogens (tertiary/aromatic N) is 6. The second kappa shape index (κ2) is 7.82. The highest BCUT2D eigenvalue weighted by Crippen LogP contribution is 2.34. The van der Waals surface area contributed by atoms with E-state index in [4.69, 9.17) is 0 Å². The van der Waals surface area contributed by atoms with Crippen LogP contribution in [0.15, 0.2) is 42.9 Å². The van der Waals surface area contributed by atoms with Crippen molar-refractivity contribution in [3.05, 3.63) is 54.2 Å². The lowest BCUT2D eigenvalue weighted by Crippen LogP contribution is -2.37. The third kappa shape index (κ3) is 4.62. The van der Waals surface area contributed by atoms with E-state index < -0.39 is 29.8 Å². The van der Waals surface area contributed by atoms with Crippen molar-refractivity contribution in [2.24, 2.45) is 0 Å². The van der Waals surface area contributed by atoms with Gasteiger partial charge in [-0.1, -0.05) is 0 Å². The Morgan fingerprint density at radius 3 is 2.26 bits per heavy atom. The Balaban J connectivity index is 1.66. The summed E-state index contributed by atoms with van der Waals surface area (Å²) in [7, 11) is 0. The third-order valence-electron chi connectivity index (χ3n) is 4.93. The van der Waals surface area contributed by atoms with Gasteiger partial charge in [0.05, 0.1) is 6.04 Å². The van der Waals surface area contributed by atoms with Crippen LogP contribution in [0.25, 0.3) is 11.4 Å². The van der Waals surface area contributed by atoms with Crippen LogP contribution >= 0.6 is 0 Å². The van der Waals surface area contributed by atoms with Crippen molar-refractivity contribution < 1.29 is 26.3 Å². The van der Waals surface area contributed by atoms with Crippen LogP contribution in [-0.2, 0) is 12.4 Å². The highest BCUT2D eigenvalue weighted by Gasteiger charge is 2.36. The summed E-state index contributed by atoms with van der Waals surface area (Å²) in [6.07, 6.45) is -4.06. The van der Waals surface area contributed by atoms with Gasteiger partial charge in [-0.25, -0.2) is 9.97 Å². The van der Waals surface area contributed by atoms with Crippen molar-refractivity contribution in [2.45, 2.75) is 31.2 Å². The van der Waals surface area contributed by atoms with Crippen molar-refractivity contribution in [1.82, 2.24) is 24.7 Å². The predicted octanol–water partition coefficient (Wildman–Crippen LogP) is 4.61. The van der Waals surface area contributed by atoms with Crippen LogP contribution in [0.3, 0.4) is 0 Å². The van der Waals surface area contributed by atoms with Gasteiger partial charge < -0.3 is 4.90 Å². The van der Waals surface area contributed by atoms with Crippen molar-refractivity contribution in [1.29, 1.82) is 0 Å². The number of anilines is 1. The van der Waals surface area contributed by atoms with E-state index in [1.54, 1.807) is 4.90 Å². The zero-order valence-electron chi connectivity index (χ0n) is 15.9. The molecule has 164 valence electrons. The van der Waals surface area contributed by atoms with E-state index in [1.807, 2.05) is 0 Å². The number of hydrogen-bond acceptors (Lipinski definition) is 5. The van der Waals surface area contributed by atoms with Crippen molar-refractivity contribution in [3.8, 4) is 11.4 Å². The van der Waals surface area contributed by atoms with Gasteiger partial charge in [-0.05, 0) is 31.0 Å². The zero-order chi connectivity index (χ0) is 22.2. The Morgan fingerprint density at radius 2 is 1.61 bits per heavy atom. The minimum absolute atomic E-state index is 0.0574. The van der Waals surface area contributed by atoms with Gasteiger partial charge in [0.2, 0.25) is 0 Å². The van der Waals surface area contributed by atoms with Gasteiger partial charge in [-0.2, -0.15) is 31.4 Å². The molecule has 4 heterocycles. The van der Waals surface area contributed by atoms with Crippen LogP contribution < -0.4 is 4.90 Å². The van der Waals surface area contributed by atoms with Gasteiger partial charge >= 0.3 is 12.4 Å². The smallest absolute Gasteiger partial charge is 0.354 e. The monoisotopic (exact) mass is 442 g/mol. The van der Waals surface area contributed by atoms with Crippen LogP contribution in [0, 0.1) is 0 Å². The van der Waals surface area contributed by atoms with Crippen molar-refractivity contribution in [2.75, 3.05) is 18.0 Å². The molecule has 0 radical (unpaired) electrons. The molecule has 0 amide bonds. The molecular weight excluding hydrogens is 426 g/mol. The summed E-state index contributed by atoms with van der Waals surface area (Å²) >= 11 is 0. The SMILES string of the molecule is FC(F)(F)c1cc(N2CCCC(n3ccc(C(F)(F)F)n3)C2)nc(-c2ccncc2)n1. The maximum Gasteiger partial charge on any atom is 0.435 e. The van der Waals surface area contributed by atoms with Crippen LogP contribution in [-0.4, -0.2) is 37.8 Å². The summed E-state index contributed by atoms with van der Waals surface area (Å²) < 4.78 is 80.1. The molecule has 1 fully saturated rings. The first-order chi connectivity index (χ1) is 14.6. The standard InChI is InChI=1S/C19H16F6N6/c20-18(21,22)14-5-9-31(29-14)13-2-1-8-30(11-13)16-10-15(19(23,24)25)27-17(28-16)12-3-6-26-7-4-12/h3-7,9-10,13H,1-2,8,11H2. The molecule has 1 aliphatic rings. The lowest BCUT2D eigenvalue weighted by molar-refractivity contribution is -0.142. The fourth-order valence-corrected chi connectivity index (χ4v) is 3.44. The van der Waals surface area contributed by atoms with Crippen molar-refractivity contribution in [3.63, 3.8) is 0 Å². The average Bonchev–Trinajstić information content (AvgIpc) is 3.25. The molecule has 3 aromatic rings. The minimum atomic E-state index is -4.68. The topological polar surface area (TPSA) is 59.7 Å². The Bertz CT molecular complexity index is 1050. The maximum atomic E-state index is 13.4. The molecule has 1 aliphatic heterocycles. The van der Waals surface area contributed by atoms with Gasteiger partial charge in [0.15, 0.2) is 17.2 Å². The van der Waals surface area contributed by atoms with Gasteiger partial charge in [-0.3, -0.25) is 9.67 Å². The third-order valence-corrected chi connectivity index (χ3v) is 4.93. The quantitative estimate of drug-likeness (QED) is 0.555. The molecule has 1 atom stereocenters. The molecular formula is C19H16F6N6. The Labute approximate surface area is 172 Å². The van der Waals surface area contributed by atoms with E-state index >= 15 is 0 Å². The molecule has 4 rings (SSSR count). The highest BCUT2D eigenvalue weighted by molar-refractivity contribution is 5.57. The molecule has 1 saturated heterocycles. The lowest BCUT2D eigenvalue weighted by atomic mass is 10.1. The van der Waals surface area contributed by atoms with Crippen LogP contribution in [0.1, 0.15) is 30.3 Å². The summed E-state index contributed by atoms with van der Waals surface area (Å²) in [6, 6.07) is 4.31. The molecule has 3 aromatic heterocycles. The summed E-state index contributed by atoms with van der Waals surface area (Å²) in [4.78, 5) is 13.4. The first-order valence-corrected chi connectivity index (χ1v) is 9.35. The van der Waals surface area contributed by atoms with Crippen LogP contribution in [0.5, 0.6) is 0 Å². The van der Waals surface area contributed by atoms with E-state index in [0.717, 1.165) is 12.1 Å². The average molecular weight is 442 g/mol. The van der Waals surface area contributed by atoms with Gasteiger partial charge in [0.1, 0.15) is 5.82 Å². The molecule has 0 spiro atoms. The zero-order valence-corrected chi connectivity index (χ0v) is 15.9. The van der Waals surface area contributed by atoms with Gasteiger partial charge in [0.25, 0.3) is 0 Å². The number of pyridine rings is 1. The number of halogens is 6. The molecule has 12 heteroatoms. The first kappa shape index (κ1) is 21.1. The summed E-state index contributed by atoms with van der Waals surface area (Å²) in [5, 5.41) is 3.60. The number of piperidine rings is 1. The normalized spacial score (nSPS) is 17.7. The Kier molecular flexibility index (Phi) is 5.31. The number of alkyl halides is 6. The maximum absolute atomic E-state index is 13.4. The number of rotatable bonds is 3. The Hall–Kier alpha value is -3.18. The molecule has 0 N–H and O–H groups in total. The first-order valence-electron chi connectivity index (χ1n) is 9.35. The van der Waals surface area contributed by atoms with Crippen molar-refractivity contribution >= 4 is 5.82 Å². The van der Waals surface area contributed by atoms with Gasteiger partial charge in [0, 0.05) is 43.3 Å². The molecule has 1 unspecified atom stereocenters. The molecule has 0 aliphatic carbocycles. The van der Waals surface area contributed by atoms with Crippen LogP contribution in [0.4, 0.5) is 32.2 Å². The predicted molar refractivity (Wildman–Crippen MR) is 98.0 cm³/mol. The fraction of sp³-hybridized carbons (Fsp3) is 0.368. The summed E-state index contributed by atoms with van der Waals surface area (Å²) in [5.41, 5.74) is -1.73. The molecule has 0 bridgehead atoms. The van der Waals surface area contributed by atoms with E-state index in [-0.39, 0.29) is 18.2 Å². The lowest BCUT2D eigenvalue weighted by Gasteiger charge is -2.34. The number of aromatic nitrogens is 5. The summed E-state index contributed by atoms with van der Waals surface area (Å²) in [5.74, 6) is -0.0465. The molecule has 31 heavy (non-hydrogen) atoms.